The van der Waals surface area contributed by atoms with Crippen LogP contribution in [0.15, 0.2) is 10.7 Å². The van der Waals surface area contributed by atoms with Gasteiger partial charge >= 0.3 is 0 Å². The Balaban J connectivity index is 2.99. The number of nitrogens with one attached hydrogen (secondary N) is 1. The van der Waals surface area contributed by atoms with Crippen LogP contribution < -0.4 is 5.32 Å². The summed E-state index contributed by atoms with van der Waals surface area (Å²) in [5.74, 6) is 0. The number of nitrogens with zero attached hydrogens (tertiary/aromatic N) is 2. The molecule has 1 N–H and O–H groups in total. The highest BCUT2D eigenvalue weighted by Crippen LogP contribution is 2.27. The van der Waals surface area contributed by atoms with Crippen molar-refractivity contribution in [2.75, 3.05) is 27.9 Å². The molecular weight excluding hydrogens is 298 g/mol. The Morgan fingerprint density at radius 2 is 2.22 bits per heavy atom. The van der Waals surface area contributed by atoms with Crippen molar-refractivity contribution in [3.63, 3.8) is 0 Å². The van der Waals surface area contributed by atoms with Gasteiger partial charge in [0.05, 0.1) is 41.7 Å². The lowest BCUT2D eigenvalue weighted by Gasteiger charge is -2.26. The Bertz CT molecular complexity index is 353. The highest BCUT2D eigenvalue weighted by atomic mass is 79.9. The Morgan fingerprint density at radius 1 is 1.50 bits per heavy atom. The number of hydrogen-bond donors (Lipinski definition) is 1. The number of halogens is 1. The molecule has 0 aliphatic carbocycles. The fourth-order valence-electron chi connectivity index (χ4n) is 2.07. The molecule has 18 heavy (non-hydrogen) atoms. The van der Waals surface area contributed by atoms with E-state index >= 15 is 0 Å². The third-order valence-corrected chi connectivity index (χ3v) is 3.63. The molecule has 5 nitrogen and oxygen atoms in total. The summed E-state index contributed by atoms with van der Waals surface area (Å²) in [7, 11) is 5.37. The second-order valence-electron chi connectivity index (χ2n) is 4.04. The minimum Gasteiger partial charge on any atom is -0.383 e. The van der Waals surface area contributed by atoms with Gasteiger partial charge in [0.1, 0.15) is 0 Å². The maximum Gasteiger partial charge on any atom is 0.0778 e. The monoisotopic (exact) mass is 319 g/mol. The first kappa shape index (κ1) is 15.6. The standard InChI is InChI=1S/C12H22BrN3O2/c1-5-10(18-4)11(14-2)12-9(13)8-15-16(12)6-7-17-3/h8,10-11,14H,5-7H2,1-4H3. The number of aromatic nitrogens is 2. The molecule has 0 amide bonds. The molecule has 1 aromatic heterocycles. The predicted octanol–water partition coefficient (Wildman–Crippen LogP) is 1.98. The maximum absolute atomic E-state index is 5.54. The van der Waals surface area contributed by atoms with Crippen LogP contribution in [-0.2, 0) is 16.0 Å². The van der Waals surface area contributed by atoms with Gasteiger partial charge in [-0.1, -0.05) is 6.92 Å². The van der Waals surface area contributed by atoms with Gasteiger partial charge in [-0.25, -0.2) is 0 Å². The average molecular weight is 320 g/mol. The van der Waals surface area contributed by atoms with Crippen LogP contribution in [0.25, 0.3) is 0 Å². The van der Waals surface area contributed by atoms with Gasteiger partial charge in [0.15, 0.2) is 0 Å². The minimum absolute atomic E-state index is 0.105. The Kier molecular flexibility index (Phi) is 6.85. The molecule has 0 bridgehead atoms. The van der Waals surface area contributed by atoms with Crippen molar-refractivity contribution in [3.8, 4) is 0 Å². The van der Waals surface area contributed by atoms with Crippen molar-refractivity contribution in [1.82, 2.24) is 15.1 Å². The predicted molar refractivity (Wildman–Crippen MR) is 74.7 cm³/mol. The summed E-state index contributed by atoms with van der Waals surface area (Å²) >= 11 is 3.56. The Labute approximate surface area is 117 Å². The summed E-state index contributed by atoms with van der Waals surface area (Å²) in [6.45, 7) is 3.49. The van der Waals surface area contributed by atoms with Crippen LogP contribution in [0.2, 0.25) is 0 Å². The molecule has 0 aromatic carbocycles. The number of likely N-dealkylation sites (N-methyl/N-ethyl adjacent to an activating group) is 1. The van der Waals surface area contributed by atoms with Crippen LogP contribution in [0.3, 0.4) is 0 Å². The quantitative estimate of drug-likeness (QED) is 0.796. The Hall–Kier alpha value is -0.430. The van der Waals surface area contributed by atoms with Gasteiger partial charge in [-0.05, 0) is 29.4 Å². The third kappa shape index (κ3) is 3.54. The van der Waals surface area contributed by atoms with Crippen LogP contribution in [0.4, 0.5) is 0 Å². The second-order valence-corrected chi connectivity index (χ2v) is 4.90. The fraction of sp³-hybridized carbons (Fsp3) is 0.750. The number of methoxy groups -OCH3 is 2. The molecule has 0 saturated heterocycles. The third-order valence-electron chi connectivity index (χ3n) is 3.02. The van der Waals surface area contributed by atoms with E-state index in [1.807, 2.05) is 17.9 Å². The van der Waals surface area contributed by atoms with Crippen LogP contribution in [0.1, 0.15) is 25.1 Å². The first-order valence-electron chi connectivity index (χ1n) is 6.09. The largest absolute Gasteiger partial charge is 0.383 e. The average Bonchev–Trinajstić information content (AvgIpc) is 2.74. The van der Waals surface area contributed by atoms with Crippen LogP contribution in [-0.4, -0.2) is 43.8 Å². The second kappa shape index (κ2) is 7.89. The van der Waals surface area contributed by atoms with Crippen molar-refractivity contribution < 1.29 is 9.47 Å². The maximum atomic E-state index is 5.54. The molecule has 6 heteroatoms. The van der Waals surface area contributed by atoms with Crippen LogP contribution in [0, 0.1) is 0 Å². The van der Waals surface area contributed by atoms with E-state index in [1.165, 1.54) is 0 Å². The fourth-order valence-corrected chi connectivity index (χ4v) is 2.62. The number of rotatable bonds is 8. The summed E-state index contributed by atoms with van der Waals surface area (Å²) in [5.41, 5.74) is 1.10. The molecule has 2 unspecified atom stereocenters. The molecule has 1 heterocycles. The molecule has 0 spiro atoms. The van der Waals surface area contributed by atoms with Gasteiger partial charge in [0.25, 0.3) is 0 Å². The number of hydrogen-bond acceptors (Lipinski definition) is 4. The first-order chi connectivity index (χ1) is 8.69. The lowest BCUT2D eigenvalue weighted by Crippen LogP contribution is -2.33. The summed E-state index contributed by atoms with van der Waals surface area (Å²) in [4.78, 5) is 0. The molecular formula is C12H22BrN3O2. The molecule has 0 aliphatic rings. The zero-order valence-corrected chi connectivity index (χ0v) is 13.0. The van der Waals surface area contributed by atoms with Crippen molar-refractivity contribution in [1.29, 1.82) is 0 Å². The van der Waals surface area contributed by atoms with Gasteiger partial charge < -0.3 is 14.8 Å². The van der Waals surface area contributed by atoms with E-state index in [0.717, 1.165) is 23.1 Å². The lowest BCUT2D eigenvalue weighted by atomic mass is 10.1. The summed E-state index contributed by atoms with van der Waals surface area (Å²) in [5, 5.41) is 7.67. The zero-order valence-electron chi connectivity index (χ0n) is 11.4. The van der Waals surface area contributed by atoms with Gasteiger partial charge in [-0.2, -0.15) is 5.10 Å². The van der Waals surface area contributed by atoms with Crippen molar-refractivity contribution in [2.24, 2.45) is 0 Å². The van der Waals surface area contributed by atoms with E-state index in [1.54, 1.807) is 14.2 Å². The molecule has 0 radical (unpaired) electrons. The highest BCUT2D eigenvalue weighted by molar-refractivity contribution is 9.10. The van der Waals surface area contributed by atoms with Crippen molar-refractivity contribution >= 4 is 15.9 Å². The summed E-state index contributed by atoms with van der Waals surface area (Å²) < 4.78 is 13.6. The Morgan fingerprint density at radius 3 is 2.72 bits per heavy atom. The van der Waals surface area contributed by atoms with Crippen LogP contribution in [0.5, 0.6) is 0 Å². The SMILES string of the molecule is CCC(OC)C(NC)c1c(Br)cnn1CCOC. The topological polar surface area (TPSA) is 48.3 Å². The summed E-state index contributed by atoms with van der Waals surface area (Å²) in [6, 6.07) is 0.105. The van der Waals surface area contributed by atoms with E-state index in [2.05, 4.69) is 33.3 Å². The smallest absolute Gasteiger partial charge is 0.0778 e. The zero-order chi connectivity index (χ0) is 13.5. The summed E-state index contributed by atoms with van der Waals surface area (Å²) in [6.07, 6.45) is 2.87. The first-order valence-corrected chi connectivity index (χ1v) is 6.89. The number of ether oxygens (including phenoxy) is 2. The molecule has 2 atom stereocenters. The van der Waals surface area contributed by atoms with Gasteiger partial charge in [0.2, 0.25) is 0 Å². The molecule has 1 aromatic rings. The highest BCUT2D eigenvalue weighted by Gasteiger charge is 2.25. The van der Waals surface area contributed by atoms with E-state index in [9.17, 15) is 0 Å². The van der Waals surface area contributed by atoms with Crippen LogP contribution >= 0.6 is 15.9 Å². The minimum atomic E-state index is 0.105. The molecule has 104 valence electrons. The molecule has 0 saturated carbocycles. The van der Waals surface area contributed by atoms with Gasteiger partial charge in [-0.15, -0.1) is 0 Å². The molecule has 0 aliphatic heterocycles. The van der Waals surface area contributed by atoms with Crippen molar-refractivity contribution in [3.05, 3.63) is 16.4 Å². The normalized spacial score (nSPS) is 14.7. The van der Waals surface area contributed by atoms with E-state index in [4.69, 9.17) is 9.47 Å². The van der Waals surface area contributed by atoms with Gasteiger partial charge in [0, 0.05) is 14.2 Å². The lowest BCUT2D eigenvalue weighted by molar-refractivity contribution is 0.0638. The van der Waals surface area contributed by atoms with E-state index < -0.39 is 0 Å². The molecule has 1 rings (SSSR count). The van der Waals surface area contributed by atoms with Crippen molar-refractivity contribution in [2.45, 2.75) is 32.0 Å². The van der Waals surface area contributed by atoms with E-state index in [0.29, 0.717) is 6.61 Å². The molecule has 0 fully saturated rings. The van der Waals surface area contributed by atoms with Gasteiger partial charge in [-0.3, -0.25) is 4.68 Å². The van der Waals surface area contributed by atoms with E-state index in [-0.39, 0.29) is 12.1 Å².